The average molecular weight is 319 g/mol. The number of carbonyl (C=O) groups is 1. The van der Waals surface area contributed by atoms with E-state index >= 15 is 0 Å². The predicted molar refractivity (Wildman–Crippen MR) is 90.6 cm³/mol. The van der Waals surface area contributed by atoms with Crippen LogP contribution in [0.25, 0.3) is 0 Å². The third-order valence-corrected chi connectivity index (χ3v) is 3.70. The Morgan fingerprint density at radius 2 is 1.91 bits per heavy atom. The van der Waals surface area contributed by atoms with Gasteiger partial charge >= 0.3 is 0 Å². The van der Waals surface area contributed by atoms with E-state index in [0.717, 1.165) is 16.7 Å². The zero-order valence-electron chi connectivity index (χ0n) is 12.9. The SMILES string of the molecule is Cc1ccc(OCC(=O)Nc2cc(Cl)c(C)cc2N)c(C)c1. The van der Waals surface area contributed by atoms with Gasteiger partial charge in [0.15, 0.2) is 6.61 Å². The molecular weight excluding hydrogens is 300 g/mol. The van der Waals surface area contributed by atoms with Crippen LogP contribution in [0.4, 0.5) is 11.4 Å². The third-order valence-electron chi connectivity index (χ3n) is 3.29. The predicted octanol–water partition coefficient (Wildman–Crippen LogP) is 3.86. The summed E-state index contributed by atoms with van der Waals surface area (Å²) in [5, 5.41) is 3.26. The van der Waals surface area contributed by atoms with Crippen LogP contribution in [0.15, 0.2) is 30.3 Å². The van der Waals surface area contributed by atoms with E-state index in [9.17, 15) is 4.79 Å². The molecule has 0 fully saturated rings. The van der Waals surface area contributed by atoms with Crippen molar-refractivity contribution >= 4 is 28.9 Å². The first-order valence-electron chi connectivity index (χ1n) is 6.92. The Balaban J connectivity index is 2.00. The lowest BCUT2D eigenvalue weighted by molar-refractivity contribution is -0.118. The zero-order valence-corrected chi connectivity index (χ0v) is 13.6. The van der Waals surface area contributed by atoms with Crippen LogP contribution >= 0.6 is 11.6 Å². The number of hydrogen-bond acceptors (Lipinski definition) is 3. The molecule has 5 heteroatoms. The van der Waals surface area contributed by atoms with Crippen molar-refractivity contribution in [2.24, 2.45) is 0 Å². The topological polar surface area (TPSA) is 64.3 Å². The van der Waals surface area contributed by atoms with Crippen LogP contribution in [0.5, 0.6) is 5.75 Å². The molecule has 4 nitrogen and oxygen atoms in total. The molecule has 0 bridgehead atoms. The summed E-state index contributed by atoms with van der Waals surface area (Å²) >= 11 is 6.04. The second kappa shape index (κ2) is 6.71. The van der Waals surface area contributed by atoms with Gasteiger partial charge in [-0.2, -0.15) is 0 Å². The van der Waals surface area contributed by atoms with Crippen molar-refractivity contribution in [2.45, 2.75) is 20.8 Å². The number of nitrogens with one attached hydrogen (secondary N) is 1. The highest BCUT2D eigenvalue weighted by atomic mass is 35.5. The van der Waals surface area contributed by atoms with Crippen LogP contribution in [0.2, 0.25) is 5.02 Å². The molecule has 0 saturated carbocycles. The third kappa shape index (κ3) is 3.92. The number of halogens is 1. The molecule has 116 valence electrons. The standard InChI is InChI=1S/C17H19ClN2O2/c1-10-4-5-16(12(3)6-10)22-9-17(21)20-15-8-13(18)11(2)7-14(15)19/h4-8H,9,19H2,1-3H3,(H,20,21). The molecule has 0 radical (unpaired) electrons. The van der Waals surface area contributed by atoms with Crippen LogP contribution in [0.1, 0.15) is 16.7 Å². The Morgan fingerprint density at radius 1 is 1.18 bits per heavy atom. The van der Waals surface area contributed by atoms with Crippen molar-refractivity contribution in [1.29, 1.82) is 0 Å². The number of nitrogen functional groups attached to an aromatic ring is 1. The molecule has 0 heterocycles. The molecular formula is C17H19ClN2O2. The van der Waals surface area contributed by atoms with Gasteiger partial charge in [0.25, 0.3) is 5.91 Å². The number of nitrogens with two attached hydrogens (primary N) is 1. The van der Waals surface area contributed by atoms with Crippen LogP contribution in [0, 0.1) is 20.8 Å². The van der Waals surface area contributed by atoms with E-state index in [-0.39, 0.29) is 12.5 Å². The summed E-state index contributed by atoms with van der Waals surface area (Å²) in [6.07, 6.45) is 0. The van der Waals surface area contributed by atoms with Crippen molar-refractivity contribution in [3.63, 3.8) is 0 Å². The lowest BCUT2D eigenvalue weighted by Crippen LogP contribution is -2.21. The molecule has 2 aromatic carbocycles. The number of amides is 1. The molecule has 0 spiro atoms. The Hall–Kier alpha value is -2.20. The molecule has 1 amide bonds. The molecule has 0 aliphatic carbocycles. The number of aryl methyl sites for hydroxylation is 3. The highest BCUT2D eigenvalue weighted by Gasteiger charge is 2.09. The first-order valence-corrected chi connectivity index (χ1v) is 7.30. The van der Waals surface area contributed by atoms with Crippen molar-refractivity contribution < 1.29 is 9.53 Å². The quantitative estimate of drug-likeness (QED) is 0.841. The second-order valence-corrected chi connectivity index (χ2v) is 5.70. The van der Waals surface area contributed by atoms with Crippen molar-refractivity contribution in [1.82, 2.24) is 0 Å². The summed E-state index contributed by atoms with van der Waals surface area (Å²) in [6, 6.07) is 9.17. The molecule has 2 aromatic rings. The zero-order chi connectivity index (χ0) is 16.3. The summed E-state index contributed by atoms with van der Waals surface area (Å²) in [5.41, 5.74) is 9.84. The highest BCUT2D eigenvalue weighted by molar-refractivity contribution is 6.31. The van der Waals surface area contributed by atoms with Crippen molar-refractivity contribution in [3.05, 3.63) is 52.0 Å². The Morgan fingerprint density at radius 3 is 2.59 bits per heavy atom. The highest BCUT2D eigenvalue weighted by Crippen LogP contribution is 2.26. The second-order valence-electron chi connectivity index (χ2n) is 5.29. The largest absolute Gasteiger partial charge is 0.483 e. The lowest BCUT2D eigenvalue weighted by atomic mass is 10.1. The van der Waals surface area contributed by atoms with Crippen LogP contribution in [-0.2, 0) is 4.79 Å². The van der Waals surface area contributed by atoms with Crippen LogP contribution in [-0.4, -0.2) is 12.5 Å². The van der Waals surface area contributed by atoms with Gasteiger partial charge in [-0.1, -0.05) is 29.3 Å². The summed E-state index contributed by atoms with van der Waals surface area (Å²) in [6.45, 7) is 5.72. The van der Waals surface area contributed by atoms with Gasteiger partial charge < -0.3 is 15.8 Å². The maximum atomic E-state index is 12.0. The normalized spacial score (nSPS) is 10.4. The number of anilines is 2. The fraction of sp³-hybridized carbons (Fsp3) is 0.235. The van der Waals surface area contributed by atoms with Crippen molar-refractivity contribution in [3.8, 4) is 5.75 Å². The summed E-state index contributed by atoms with van der Waals surface area (Å²) in [5.74, 6) is 0.405. The van der Waals surface area contributed by atoms with Gasteiger partial charge in [-0.3, -0.25) is 4.79 Å². The fourth-order valence-electron chi connectivity index (χ4n) is 2.10. The van der Waals surface area contributed by atoms with Gasteiger partial charge in [-0.05, 0) is 50.1 Å². The average Bonchev–Trinajstić information content (AvgIpc) is 2.44. The van der Waals surface area contributed by atoms with E-state index < -0.39 is 0 Å². The summed E-state index contributed by atoms with van der Waals surface area (Å²) < 4.78 is 5.53. The van der Waals surface area contributed by atoms with E-state index in [0.29, 0.717) is 22.1 Å². The smallest absolute Gasteiger partial charge is 0.262 e. The molecule has 3 N–H and O–H groups in total. The lowest BCUT2D eigenvalue weighted by Gasteiger charge is -2.12. The molecule has 2 rings (SSSR count). The molecule has 0 aliphatic rings. The minimum absolute atomic E-state index is 0.0885. The maximum Gasteiger partial charge on any atom is 0.262 e. The minimum atomic E-state index is -0.286. The molecule has 0 atom stereocenters. The monoisotopic (exact) mass is 318 g/mol. The molecule has 0 unspecified atom stereocenters. The Kier molecular flexibility index (Phi) is 4.93. The number of rotatable bonds is 4. The molecule has 0 aromatic heterocycles. The van der Waals surface area contributed by atoms with Gasteiger partial charge in [-0.25, -0.2) is 0 Å². The number of ether oxygens (including phenoxy) is 1. The first-order chi connectivity index (χ1) is 10.4. The van der Waals surface area contributed by atoms with E-state index in [4.69, 9.17) is 22.1 Å². The van der Waals surface area contributed by atoms with E-state index in [1.807, 2.05) is 39.0 Å². The number of carbonyl (C=O) groups excluding carboxylic acids is 1. The van der Waals surface area contributed by atoms with Crippen LogP contribution < -0.4 is 15.8 Å². The summed E-state index contributed by atoms with van der Waals surface area (Å²) in [4.78, 5) is 12.0. The summed E-state index contributed by atoms with van der Waals surface area (Å²) in [7, 11) is 0. The number of hydrogen-bond donors (Lipinski definition) is 2. The molecule has 22 heavy (non-hydrogen) atoms. The van der Waals surface area contributed by atoms with E-state index in [1.54, 1.807) is 12.1 Å². The first kappa shape index (κ1) is 16.2. The van der Waals surface area contributed by atoms with Crippen LogP contribution in [0.3, 0.4) is 0 Å². The number of benzene rings is 2. The van der Waals surface area contributed by atoms with Gasteiger partial charge in [0.05, 0.1) is 11.4 Å². The van der Waals surface area contributed by atoms with E-state index in [2.05, 4.69) is 5.32 Å². The minimum Gasteiger partial charge on any atom is -0.483 e. The Bertz CT molecular complexity index is 714. The molecule has 0 saturated heterocycles. The Labute approximate surface area is 135 Å². The van der Waals surface area contributed by atoms with Gasteiger partial charge in [0.2, 0.25) is 0 Å². The maximum absolute atomic E-state index is 12.0. The van der Waals surface area contributed by atoms with E-state index in [1.165, 1.54) is 0 Å². The van der Waals surface area contributed by atoms with Crippen molar-refractivity contribution in [2.75, 3.05) is 17.7 Å². The van der Waals surface area contributed by atoms with Gasteiger partial charge in [0.1, 0.15) is 5.75 Å². The van der Waals surface area contributed by atoms with Gasteiger partial charge in [-0.15, -0.1) is 0 Å². The molecule has 0 aliphatic heterocycles. The van der Waals surface area contributed by atoms with Gasteiger partial charge in [0, 0.05) is 5.02 Å². The fourth-order valence-corrected chi connectivity index (χ4v) is 2.27.